The molecule has 3 heteroatoms. The van der Waals surface area contributed by atoms with Crippen LogP contribution in [0.5, 0.6) is 0 Å². The molecular formula is C15H35N2O+. The second kappa shape index (κ2) is 10.8. The van der Waals surface area contributed by atoms with Gasteiger partial charge in [0.05, 0.1) is 26.2 Å². The Labute approximate surface area is 115 Å². The van der Waals surface area contributed by atoms with E-state index in [2.05, 4.69) is 39.8 Å². The minimum absolute atomic E-state index is 0.903. The lowest BCUT2D eigenvalue weighted by molar-refractivity contribution is -0.927. The second-order valence-corrected chi connectivity index (χ2v) is 5.60. The van der Waals surface area contributed by atoms with Crippen molar-refractivity contribution in [1.29, 1.82) is 0 Å². The quantitative estimate of drug-likeness (QED) is 0.394. The molecule has 0 saturated heterocycles. The van der Waals surface area contributed by atoms with Crippen molar-refractivity contribution in [1.82, 2.24) is 4.90 Å². The number of hydrogen-bond acceptors (Lipinski definition) is 2. The van der Waals surface area contributed by atoms with Crippen molar-refractivity contribution >= 4 is 0 Å². The Kier molecular flexibility index (Phi) is 10.7. The Morgan fingerprint density at radius 2 is 1.50 bits per heavy atom. The Bertz CT molecular complexity index is 177. The summed E-state index contributed by atoms with van der Waals surface area (Å²) >= 11 is 0. The minimum atomic E-state index is 0.903. The normalized spacial score (nSPS) is 12.3. The molecule has 0 N–H and O–H groups in total. The molecule has 110 valence electrons. The Morgan fingerprint density at radius 1 is 0.889 bits per heavy atom. The van der Waals surface area contributed by atoms with Crippen molar-refractivity contribution in [3.8, 4) is 0 Å². The van der Waals surface area contributed by atoms with Crippen LogP contribution in [-0.2, 0) is 4.74 Å². The highest BCUT2D eigenvalue weighted by Crippen LogP contribution is 2.09. The van der Waals surface area contributed by atoms with Crippen LogP contribution in [0.2, 0.25) is 0 Å². The second-order valence-electron chi connectivity index (χ2n) is 5.60. The lowest BCUT2D eigenvalue weighted by atomic mass is 10.2. The standard InChI is InChI=1S/C15H35N2O/c1-6-11-17(8-3,12-7-2)13-15-18-14-9-10-16(4)5/h6-15H2,1-5H3/q+1. The lowest BCUT2D eigenvalue weighted by Crippen LogP contribution is -2.51. The average Bonchev–Trinajstić information content (AvgIpc) is 2.33. The molecule has 0 aliphatic rings. The fraction of sp³-hybridized carbons (Fsp3) is 1.00. The number of quaternary nitrogens is 1. The van der Waals surface area contributed by atoms with Crippen LogP contribution in [-0.4, -0.2) is 69.4 Å². The summed E-state index contributed by atoms with van der Waals surface area (Å²) in [6.45, 7) is 14.8. The molecule has 0 aromatic rings. The largest absolute Gasteiger partial charge is 0.376 e. The van der Waals surface area contributed by atoms with E-state index in [9.17, 15) is 0 Å². The smallest absolute Gasteiger partial charge is 0.102 e. The third kappa shape index (κ3) is 8.06. The number of ether oxygens (including phenoxy) is 1. The number of hydrogen-bond donors (Lipinski definition) is 0. The van der Waals surface area contributed by atoms with Gasteiger partial charge in [-0.3, -0.25) is 0 Å². The zero-order chi connectivity index (χ0) is 13.9. The SMILES string of the molecule is CCC[N+](CC)(CCC)CCOCCCN(C)C. The van der Waals surface area contributed by atoms with Gasteiger partial charge >= 0.3 is 0 Å². The summed E-state index contributed by atoms with van der Waals surface area (Å²) in [5.41, 5.74) is 0. The minimum Gasteiger partial charge on any atom is -0.376 e. The fourth-order valence-corrected chi connectivity index (χ4v) is 2.60. The molecule has 0 rings (SSSR count). The first kappa shape index (κ1) is 17.9. The third-order valence-electron chi connectivity index (χ3n) is 3.67. The highest BCUT2D eigenvalue weighted by atomic mass is 16.5. The summed E-state index contributed by atoms with van der Waals surface area (Å²) in [6, 6.07) is 0. The Balaban J connectivity index is 3.81. The molecule has 0 bridgehead atoms. The van der Waals surface area contributed by atoms with Crippen LogP contribution >= 0.6 is 0 Å². The van der Waals surface area contributed by atoms with Gasteiger partial charge in [0.15, 0.2) is 0 Å². The molecule has 0 heterocycles. The summed E-state index contributed by atoms with van der Waals surface area (Å²) in [4.78, 5) is 2.21. The van der Waals surface area contributed by atoms with E-state index in [4.69, 9.17) is 4.74 Å². The van der Waals surface area contributed by atoms with E-state index in [0.717, 1.165) is 26.2 Å². The molecule has 0 fully saturated rings. The van der Waals surface area contributed by atoms with Gasteiger partial charge in [0.2, 0.25) is 0 Å². The van der Waals surface area contributed by atoms with Crippen molar-refractivity contribution < 1.29 is 9.22 Å². The van der Waals surface area contributed by atoms with E-state index < -0.39 is 0 Å². The van der Waals surface area contributed by atoms with Crippen molar-refractivity contribution in [2.24, 2.45) is 0 Å². The molecule has 0 aliphatic heterocycles. The van der Waals surface area contributed by atoms with E-state index in [1.165, 1.54) is 43.5 Å². The molecule has 0 aromatic heterocycles. The van der Waals surface area contributed by atoms with Crippen LogP contribution in [0, 0.1) is 0 Å². The van der Waals surface area contributed by atoms with Gasteiger partial charge < -0.3 is 14.1 Å². The van der Waals surface area contributed by atoms with E-state index in [0.29, 0.717) is 0 Å². The number of nitrogens with zero attached hydrogens (tertiary/aromatic N) is 2. The zero-order valence-corrected chi connectivity index (χ0v) is 13.4. The maximum atomic E-state index is 5.79. The molecule has 3 nitrogen and oxygen atoms in total. The molecule has 0 aliphatic carbocycles. The Hall–Kier alpha value is -0.120. The Morgan fingerprint density at radius 3 is 1.94 bits per heavy atom. The predicted molar refractivity (Wildman–Crippen MR) is 80.0 cm³/mol. The summed E-state index contributed by atoms with van der Waals surface area (Å²) < 4.78 is 7.03. The van der Waals surface area contributed by atoms with Crippen LogP contribution in [0.25, 0.3) is 0 Å². The van der Waals surface area contributed by atoms with Gasteiger partial charge in [-0.1, -0.05) is 13.8 Å². The summed E-state index contributed by atoms with van der Waals surface area (Å²) in [5.74, 6) is 0. The predicted octanol–water partition coefficient (Wildman–Crippen LogP) is 2.61. The van der Waals surface area contributed by atoms with E-state index >= 15 is 0 Å². The van der Waals surface area contributed by atoms with Crippen LogP contribution < -0.4 is 0 Å². The first-order valence-electron chi connectivity index (χ1n) is 7.67. The van der Waals surface area contributed by atoms with E-state index in [-0.39, 0.29) is 0 Å². The zero-order valence-electron chi connectivity index (χ0n) is 13.4. The van der Waals surface area contributed by atoms with Crippen molar-refractivity contribution in [2.75, 3.05) is 60.0 Å². The van der Waals surface area contributed by atoms with E-state index in [1.807, 2.05) is 0 Å². The van der Waals surface area contributed by atoms with Gasteiger partial charge in [-0.05, 0) is 46.8 Å². The molecule has 0 saturated carbocycles. The van der Waals surface area contributed by atoms with Crippen LogP contribution in [0.3, 0.4) is 0 Å². The molecule has 0 aromatic carbocycles. The van der Waals surface area contributed by atoms with Crippen LogP contribution in [0.15, 0.2) is 0 Å². The molecule has 0 spiro atoms. The lowest BCUT2D eigenvalue weighted by Gasteiger charge is -2.37. The highest BCUT2D eigenvalue weighted by molar-refractivity contribution is 4.45. The first-order chi connectivity index (χ1) is 8.60. The van der Waals surface area contributed by atoms with Crippen molar-refractivity contribution in [3.63, 3.8) is 0 Å². The molecule has 0 radical (unpaired) electrons. The highest BCUT2D eigenvalue weighted by Gasteiger charge is 2.22. The van der Waals surface area contributed by atoms with Crippen molar-refractivity contribution in [2.45, 2.75) is 40.0 Å². The van der Waals surface area contributed by atoms with Crippen molar-refractivity contribution in [3.05, 3.63) is 0 Å². The topological polar surface area (TPSA) is 12.5 Å². The number of rotatable bonds is 12. The molecule has 0 amide bonds. The van der Waals surface area contributed by atoms with Gasteiger partial charge in [0, 0.05) is 6.61 Å². The average molecular weight is 259 g/mol. The van der Waals surface area contributed by atoms with E-state index in [1.54, 1.807) is 0 Å². The van der Waals surface area contributed by atoms with Crippen LogP contribution in [0.4, 0.5) is 0 Å². The summed E-state index contributed by atoms with van der Waals surface area (Å²) in [6.07, 6.45) is 3.68. The van der Waals surface area contributed by atoms with Crippen LogP contribution in [0.1, 0.15) is 40.0 Å². The maximum absolute atomic E-state index is 5.79. The third-order valence-corrected chi connectivity index (χ3v) is 3.67. The fourth-order valence-electron chi connectivity index (χ4n) is 2.60. The van der Waals surface area contributed by atoms with Gasteiger partial charge in [0.1, 0.15) is 6.54 Å². The monoisotopic (exact) mass is 259 g/mol. The number of likely N-dealkylation sites (N-methyl/N-ethyl adjacent to an activating group) is 1. The molecule has 0 atom stereocenters. The van der Waals surface area contributed by atoms with Gasteiger partial charge in [-0.15, -0.1) is 0 Å². The van der Waals surface area contributed by atoms with Gasteiger partial charge in [-0.25, -0.2) is 0 Å². The molecular weight excluding hydrogens is 224 g/mol. The molecule has 18 heavy (non-hydrogen) atoms. The maximum Gasteiger partial charge on any atom is 0.102 e. The summed E-state index contributed by atoms with van der Waals surface area (Å²) in [7, 11) is 4.23. The first-order valence-corrected chi connectivity index (χ1v) is 7.67. The summed E-state index contributed by atoms with van der Waals surface area (Å²) in [5, 5.41) is 0. The van der Waals surface area contributed by atoms with Gasteiger partial charge in [0.25, 0.3) is 0 Å². The van der Waals surface area contributed by atoms with Gasteiger partial charge in [-0.2, -0.15) is 0 Å². The molecule has 0 unspecified atom stereocenters.